The Morgan fingerprint density at radius 1 is 1.03 bits per heavy atom. The van der Waals surface area contributed by atoms with Gasteiger partial charge >= 0.3 is 16.1 Å². The summed E-state index contributed by atoms with van der Waals surface area (Å²) in [5.74, 6) is -0.520. The van der Waals surface area contributed by atoms with Gasteiger partial charge in [-0.05, 0) is 55.0 Å². The predicted octanol–water partition coefficient (Wildman–Crippen LogP) is 4.77. The van der Waals surface area contributed by atoms with Crippen molar-refractivity contribution in [2.75, 3.05) is 7.11 Å². The lowest BCUT2D eigenvalue weighted by Crippen LogP contribution is -2.11. The summed E-state index contributed by atoms with van der Waals surface area (Å²) in [5.41, 5.74) is 2.08. The molecule has 1 aliphatic heterocycles. The van der Waals surface area contributed by atoms with Crippen molar-refractivity contribution in [1.29, 1.82) is 0 Å². The van der Waals surface area contributed by atoms with E-state index >= 15 is 0 Å². The zero-order chi connectivity index (χ0) is 23.6. The average Bonchev–Trinajstić information content (AvgIpc) is 3.16. The van der Waals surface area contributed by atoms with Crippen LogP contribution in [-0.2, 0) is 19.6 Å². The maximum absolute atomic E-state index is 12.7. The van der Waals surface area contributed by atoms with Crippen LogP contribution in [0, 0.1) is 6.92 Å². The fourth-order valence-electron chi connectivity index (χ4n) is 3.04. The second-order valence-electron chi connectivity index (χ2n) is 7.09. The van der Waals surface area contributed by atoms with E-state index in [0.717, 1.165) is 5.56 Å². The monoisotopic (exact) mass is 483 g/mol. The number of benzene rings is 3. The van der Waals surface area contributed by atoms with Crippen LogP contribution < -0.4 is 8.92 Å². The Bertz CT molecular complexity index is 1380. The van der Waals surface area contributed by atoms with Crippen molar-refractivity contribution in [2.45, 2.75) is 11.8 Å². The summed E-state index contributed by atoms with van der Waals surface area (Å²) in [6.45, 7) is 1.84. The summed E-state index contributed by atoms with van der Waals surface area (Å²) in [5, 5.41) is -0.0180. The van der Waals surface area contributed by atoms with E-state index in [2.05, 4.69) is 4.99 Å². The molecule has 7 nitrogen and oxygen atoms in total. The minimum absolute atomic E-state index is 0.0180. The van der Waals surface area contributed by atoms with Crippen molar-refractivity contribution >= 4 is 39.7 Å². The topological polar surface area (TPSA) is 91.3 Å². The fourth-order valence-corrected chi connectivity index (χ4v) is 4.30. The molecule has 33 heavy (non-hydrogen) atoms. The summed E-state index contributed by atoms with van der Waals surface area (Å²) in [6, 6.07) is 18.1. The summed E-state index contributed by atoms with van der Waals surface area (Å²) < 4.78 is 41.2. The highest BCUT2D eigenvalue weighted by molar-refractivity contribution is 7.87. The molecule has 0 saturated carbocycles. The molecule has 0 radical (unpaired) electrons. The van der Waals surface area contributed by atoms with Gasteiger partial charge in [0.15, 0.2) is 11.4 Å². The van der Waals surface area contributed by atoms with Crippen molar-refractivity contribution in [3.63, 3.8) is 0 Å². The number of nitrogens with zero attached hydrogens (tertiary/aromatic N) is 1. The van der Waals surface area contributed by atoms with E-state index in [9.17, 15) is 13.2 Å². The number of rotatable bonds is 6. The number of ether oxygens (including phenoxy) is 2. The first kappa shape index (κ1) is 22.6. The Morgan fingerprint density at radius 2 is 1.73 bits per heavy atom. The van der Waals surface area contributed by atoms with E-state index in [0.29, 0.717) is 11.1 Å². The highest BCUT2D eigenvalue weighted by Gasteiger charge is 2.25. The number of hydrogen-bond donors (Lipinski definition) is 0. The first-order valence-electron chi connectivity index (χ1n) is 9.73. The molecule has 9 heteroatoms. The molecule has 3 aromatic rings. The maximum atomic E-state index is 12.7. The van der Waals surface area contributed by atoms with Crippen LogP contribution >= 0.6 is 11.6 Å². The highest BCUT2D eigenvalue weighted by Crippen LogP contribution is 2.39. The van der Waals surface area contributed by atoms with Gasteiger partial charge in [-0.2, -0.15) is 8.42 Å². The molecule has 168 valence electrons. The molecule has 0 amide bonds. The smallest absolute Gasteiger partial charge is 0.363 e. The van der Waals surface area contributed by atoms with Crippen LogP contribution in [0.4, 0.5) is 0 Å². The molecular formula is C24H18ClNO6S. The second-order valence-corrected chi connectivity index (χ2v) is 9.04. The number of aryl methyl sites for hydroxylation is 1. The molecule has 0 atom stereocenters. The van der Waals surface area contributed by atoms with Gasteiger partial charge in [0.2, 0.25) is 11.6 Å². The first-order valence-corrected chi connectivity index (χ1v) is 11.5. The quantitative estimate of drug-likeness (QED) is 0.285. The number of cyclic esters (lactones) is 1. The van der Waals surface area contributed by atoms with Gasteiger partial charge in [0.1, 0.15) is 4.90 Å². The standard InChI is InChI=1S/C24H18ClNO6S/c1-15-8-10-18(11-9-15)33(28,29)32-22-19(25)12-16(14-21(22)30-2)13-20-24(27)31-23(26-20)17-6-4-3-5-7-17/h3-14H,1-2H3/b20-13+. The van der Waals surface area contributed by atoms with Crippen LogP contribution in [0.2, 0.25) is 5.02 Å². The lowest BCUT2D eigenvalue weighted by molar-refractivity contribution is -0.129. The van der Waals surface area contributed by atoms with Crippen LogP contribution in [0.5, 0.6) is 11.5 Å². The zero-order valence-electron chi connectivity index (χ0n) is 17.6. The number of methoxy groups -OCH3 is 1. The van der Waals surface area contributed by atoms with Gasteiger partial charge in [-0.25, -0.2) is 9.79 Å². The number of carbonyl (C=O) groups is 1. The van der Waals surface area contributed by atoms with Crippen LogP contribution in [0.3, 0.4) is 0 Å². The van der Waals surface area contributed by atoms with Crippen molar-refractivity contribution in [3.05, 3.63) is 94.1 Å². The lowest BCUT2D eigenvalue weighted by atomic mass is 10.1. The fraction of sp³-hybridized carbons (Fsp3) is 0.0833. The van der Waals surface area contributed by atoms with E-state index < -0.39 is 16.1 Å². The third-order valence-electron chi connectivity index (χ3n) is 4.70. The minimum atomic E-state index is -4.14. The number of hydrogen-bond acceptors (Lipinski definition) is 7. The molecule has 1 heterocycles. The van der Waals surface area contributed by atoms with Gasteiger partial charge in [-0.15, -0.1) is 0 Å². The molecule has 0 spiro atoms. The normalized spacial score (nSPS) is 14.7. The molecule has 3 aromatic carbocycles. The lowest BCUT2D eigenvalue weighted by Gasteiger charge is -2.13. The Hall–Kier alpha value is -3.62. The van der Waals surface area contributed by atoms with E-state index in [4.69, 9.17) is 25.3 Å². The second kappa shape index (κ2) is 9.09. The molecule has 0 aliphatic carbocycles. The number of carbonyl (C=O) groups excluding carboxylic acids is 1. The van der Waals surface area contributed by atoms with E-state index in [1.54, 1.807) is 36.4 Å². The summed E-state index contributed by atoms with van der Waals surface area (Å²) >= 11 is 6.33. The SMILES string of the molecule is COc1cc(/C=C2/N=C(c3ccccc3)OC2=O)cc(Cl)c1OS(=O)(=O)c1ccc(C)cc1. The Kier molecular flexibility index (Phi) is 6.22. The molecule has 4 rings (SSSR count). The Morgan fingerprint density at radius 3 is 2.39 bits per heavy atom. The van der Waals surface area contributed by atoms with Crippen LogP contribution in [-0.4, -0.2) is 27.4 Å². The molecule has 0 fully saturated rings. The van der Waals surface area contributed by atoms with Crippen molar-refractivity contribution in [1.82, 2.24) is 0 Å². The number of halogens is 1. The molecule has 0 N–H and O–H groups in total. The van der Waals surface area contributed by atoms with Gasteiger partial charge in [0.05, 0.1) is 12.1 Å². The largest absolute Gasteiger partial charge is 0.493 e. The number of aliphatic imine (C=N–C) groups is 1. The van der Waals surface area contributed by atoms with Crippen LogP contribution in [0.15, 0.2) is 82.3 Å². The first-order chi connectivity index (χ1) is 15.8. The van der Waals surface area contributed by atoms with Crippen molar-refractivity contribution < 1.29 is 26.9 Å². The predicted molar refractivity (Wildman–Crippen MR) is 124 cm³/mol. The van der Waals surface area contributed by atoms with Crippen LogP contribution in [0.1, 0.15) is 16.7 Å². The molecular weight excluding hydrogens is 466 g/mol. The molecule has 0 aromatic heterocycles. The molecule has 0 unspecified atom stereocenters. The van der Waals surface area contributed by atoms with Gasteiger partial charge in [-0.3, -0.25) is 0 Å². The maximum Gasteiger partial charge on any atom is 0.363 e. The minimum Gasteiger partial charge on any atom is -0.493 e. The highest BCUT2D eigenvalue weighted by atomic mass is 35.5. The summed E-state index contributed by atoms with van der Waals surface area (Å²) in [7, 11) is -2.79. The third kappa shape index (κ3) is 4.92. The molecule has 0 bridgehead atoms. The van der Waals surface area contributed by atoms with Gasteiger partial charge in [0.25, 0.3) is 0 Å². The zero-order valence-corrected chi connectivity index (χ0v) is 19.2. The van der Waals surface area contributed by atoms with Gasteiger partial charge in [-0.1, -0.05) is 47.5 Å². The van der Waals surface area contributed by atoms with Crippen molar-refractivity contribution in [3.8, 4) is 11.5 Å². The van der Waals surface area contributed by atoms with Crippen molar-refractivity contribution in [2.24, 2.45) is 4.99 Å². The van der Waals surface area contributed by atoms with E-state index in [1.165, 1.54) is 37.5 Å². The number of esters is 1. The van der Waals surface area contributed by atoms with Gasteiger partial charge in [0, 0.05) is 5.56 Å². The van der Waals surface area contributed by atoms with Crippen LogP contribution in [0.25, 0.3) is 6.08 Å². The Labute approximate surface area is 196 Å². The summed E-state index contributed by atoms with van der Waals surface area (Å²) in [4.78, 5) is 16.5. The van der Waals surface area contributed by atoms with Gasteiger partial charge < -0.3 is 13.7 Å². The molecule has 0 saturated heterocycles. The van der Waals surface area contributed by atoms with E-state index in [-0.39, 0.29) is 33.0 Å². The molecule has 1 aliphatic rings. The summed E-state index contributed by atoms with van der Waals surface area (Å²) in [6.07, 6.45) is 1.46. The third-order valence-corrected chi connectivity index (χ3v) is 6.22. The Balaban J connectivity index is 1.66. The van der Waals surface area contributed by atoms with E-state index in [1.807, 2.05) is 13.0 Å². The average molecular weight is 484 g/mol.